The van der Waals surface area contributed by atoms with Gasteiger partial charge in [0.2, 0.25) is 0 Å². The maximum absolute atomic E-state index is 14.4. The smallest absolute Gasteiger partial charge is 0.326 e. The fraction of sp³-hybridized carbons (Fsp3) is 0.588. The van der Waals surface area contributed by atoms with Gasteiger partial charge in [-0.1, -0.05) is 13.8 Å². The van der Waals surface area contributed by atoms with Crippen molar-refractivity contribution in [1.82, 2.24) is 4.90 Å². The van der Waals surface area contributed by atoms with E-state index in [2.05, 4.69) is 0 Å². The Morgan fingerprint density at radius 2 is 1.88 bits per heavy atom. The van der Waals surface area contributed by atoms with Crippen molar-refractivity contribution in [3.63, 3.8) is 0 Å². The third-order valence-corrected chi connectivity index (χ3v) is 3.97. The van der Waals surface area contributed by atoms with Crippen LogP contribution in [0.25, 0.3) is 0 Å². The number of carbonyl (C=O) groups excluding carboxylic acids is 1. The van der Waals surface area contributed by atoms with E-state index in [1.807, 2.05) is 18.7 Å². The molecule has 0 bridgehead atoms. The average Bonchev–Trinajstić information content (AvgIpc) is 2.98. The van der Waals surface area contributed by atoms with Gasteiger partial charge in [0.05, 0.1) is 18.9 Å². The Morgan fingerprint density at radius 3 is 2.50 bits per heavy atom. The zero-order chi connectivity index (χ0) is 17.5. The van der Waals surface area contributed by atoms with Crippen molar-refractivity contribution in [1.29, 1.82) is 0 Å². The number of hydrogen-bond donors (Lipinski definition) is 0. The van der Waals surface area contributed by atoms with E-state index >= 15 is 0 Å². The van der Waals surface area contributed by atoms with Crippen molar-refractivity contribution in [3.05, 3.63) is 24.0 Å². The summed E-state index contributed by atoms with van der Waals surface area (Å²) in [6.45, 7) is 7.96. The van der Waals surface area contributed by atoms with E-state index in [4.69, 9.17) is 9.47 Å². The van der Waals surface area contributed by atoms with Gasteiger partial charge in [-0.25, -0.2) is 9.18 Å². The molecule has 0 atom stereocenters. The molecule has 134 valence electrons. The number of amides is 2. The van der Waals surface area contributed by atoms with Gasteiger partial charge in [0, 0.05) is 39.0 Å². The Labute approximate surface area is 142 Å². The highest BCUT2D eigenvalue weighted by Crippen LogP contribution is 2.27. The highest BCUT2D eigenvalue weighted by Gasteiger charge is 2.30. The molecule has 0 spiro atoms. The molecule has 1 aromatic carbocycles. The second-order valence-electron chi connectivity index (χ2n) is 5.35. The summed E-state index contributed by atoms with van der Waals surface area (Å²) in [5, 5.41) is 0. The van der Waals surface area contributed by atoms with Gasteiger partial charge >= 0.3 is 6.03 Å². The molecular weight excluding hydrogens is 313 g/mol. The Hall–Kier alpha value is -1.86. The van der Waals surface area contributed by atoms with E-state index in [1.165, 1.54) is 6.07 Å². The van der Waals surface area contributed by atoms with Gasteiger partial charge in [-0.05, 0) is 18.2 Å². The van der Waals surface area contributed by atoms with E-state index in [0.29, 0.717) is 50.8 Å². The molecular formula is C17H26FN3O3. The van der Waals surface area contributed by atoms with Crippen molar-refractivity contribution in [2.75, 3.05) is 63.0 Å². The van der Waals surface area contributed by atoms with E-state index in [0.717, 1.165) is 0 Å². The SMILES string of the molecule is CC.COCN1CCN(c2ccc(N3CCOCC3)c(F)c2)C1=O. The molecule has 2 aliphatic rings. The summed E-state index contributed by atoms with van der Waals surface area (Å²) in [6.07, 6.45) is 0. The predicted octanol–water partition coefficient (Wildman–Crippen LogP) is 2.53. The molecule has 0 aliphatic carbocycles. The number of methoxy groups -OCH3 is 1. The molecule has 2 amide bonds. The van der Waals surface area contributed by atoms with Crippen LogP contribution in [-0.4, -0.2) is 64.2 Å². The summed E-state index contributed by atoms with van der Waals surface area (Å²) in [7, 11) is 1.55. The van der Waals surface area contributed by atoms with Gasteiger partial charge in [-0.15, -0.1) is 0 Å². The summed E-state index contributed by atoms with van der Waals surface area (Å²) in [5.74, 6) is -0.308. The van der Waals surface area contributed by atoms with Crippen molar-refractivity contribution < 1.29 is 18.7 Å². The van der Waals surface area contributed by atoms with E-state index in [-0.39, 0.29) is 18.6 Å². The van der Waals surface area contributed by atoms with Crippen LogP contribution >= 0.6 is 0 Å². The van der Waals surface area contributed by atoms with E-state index < -0.39 is 0 Å². The zero-order valence-electron chi connectivity index (χ0n) is 14.6. The van der Waals surface area contributed by atoms with E-state index in [9.17, 15) is 9.18 Å². The van der Waals surface area contributed by atoms with Crippen LogP contribution < -0.4 is 9.80 Å². The van der Waals surface area contributed by atoms with Crippen LogP contribution in [0.4, 0.5) is 20.6 Å². The fourth-order valence-electron chi connectivity index (χ4n) is 2.82. The van der Waals surface area contributed by atoms with Crippen molar-refractivity contribution in [3.8, 4) is 0 Å². The summed E-state index contributed by atoms with van der Waals surface area (Å²) in [4.78, 5) is 17.3. The lowest BCUT2D eigenvalue weighted by Crippen LogP contribution is -2.37. The second-order valence-corrected chi connectivity index (χ2v) is 5.35. The van der Waals surface area contributed by atoms with Gasteiger partial charge in [-0.2, -0.15) is 0 Å². The minimum absolute atomic E-state index is 0.152. The number of ether oxygens (including phenoxy) is 2. The van der Waals surface area contributed by atoms with Crippen molar-refractivity contribution in [2.24, 2.45) is 0 Å². The Balaban J connectivity index is 0.00000100. The van der Waals surface area contributed by atoms with Gasteiger partial charge < -0.3 is 14.4 Å². The minimum Gasteiger partial charge on any atom is -0.378 e. The maximum Gasteiger partial charge on any atom is 0.326 e. The summed E-state index contributed by atoms with van der Waals surface area (Å²) < 4.78 is 24.7. The molecule has 0 N–H and O–H groups in total. The number of rotatable bonds is 4. The highest BCUT2D eigenvalue weighted by molar-refractivity contribution is 5.94. The van der Waals surface area contributed by atoms with Crippen LogP contribution in [-0.2, 0) is 9.47 Å². The first-order valence-electron chi connectivity index (χ1n) is 8.38. The number of morpholine rings is 1. The first-order valence-corrected chi connectivity index (χ1v) is 8.38. The molecule has 3 rings (SSSR count). The highest BCUT2D eigenvalue weighted by atomic mass is 19.1. The van der Waals surface area contributed by atoms with Gasteiger partial charge in [0.1, 0.15) is 12.5 Å². The number of anilines is 2. The number of nitrogens with zero attached hydrogens (tertiary/aromatic N) is 3. The lowest BCUT2D eigenvalue weighted by atomic mass is 10.2. The third kappa shape index (κ3) is 3.96. The first kappa shape index (κ1) is 18.5. The van der Waals surface area contributed by atoms with Gasteiger partial charge in [-0.3, -0.25) is 9.80 Å². The number of urea groups is 1. The average molecular weight is 339 g/mol. The number of benzene rings is 1. The summed E-state index contributed by atoms with van der Waals surface area (Å²) in [5.41, 5.74) is 1.14. The van der Waals surface area contributed by atoms with Crippen LogP contribution in [0.3, 0.4) is 0 Å². The molecule has 0 saturated carbocycles. The second kappa shape index (κ2) is 8.84. The van der Waals surface area contributed by atoms with Gasteiger partial charge in [0.25, 0.3) is 0 Å². The summed E-state index contributed by atoms with van der Waals surface area (Å²) >= 11 is 0. The van der Waals surface area contributed by atoms with Gasteiger partial charge in [0.15, 0.2) is 0 Å². The molecule has 2 heterocycles. The quantitative estimate of drug-likeness (QED) is 0.846. The van der Waals surface area contributed by atoms with Crippen LogP contribution in [0.1, 0.15) is 13.8 Å². The molecule has 2 aliphatic heterocycles. The molecule has 1 aromatic rings. The molecule has 0 radical (unpaired) electrons. The van der Waals surface area contributed by atoms with Crippen LogP contribution in [0.15, 0.2) is 18.2 Å². The Morgan fingerprint density at radius 1 is 1.17 bits per heavy atom. The molecule has 2 saturated heterocycles. The van der Waals surface area contributed by atoms with Crippen LogP contribution in [0.2, 0.25) is 0 Å². The van der Waals surface area contributed by atoms with Crippen molar-refractivity contribution in [2.45, 2.75) is 13.8 Å². The third-order valence-electron chi connectivity index (χ3n) is 3.97. The number of carbonyl (C=O) groups is 1. The zero-order valence-corrected chi connectivity index (χ0v) is 14.6. The first-order chi connectivity index (χ1) is 11.7. The lowest BCUT2D eigenvalue weighted by molar-refractivity contribution is 0.0975. The standard InChI is InChI=1S/C15H20FN3O3.C2H6/c1-21-11-18-4-5-19(15(18)20)12-2-3-14(13(16)10-12)17-6-8-22-9-7-17;1-2/h2-3,10H,4-9,11H2,1H3;1-2H3. The Kier molecular flexibility index (Phi) is 6.81. The van der Waals surface area contributed by atoms with Crippen LogP contribution in [0, 0.1) is 5.82 Å². The molecule has 2 fully saturated rings. The molecule has 24 heavy (non-hydrogen) atoms. The fourth-order valence-corrected chi connectivity index (χ4v) is 2.82. The van der Waals surface area contributed by atoms with E-state index in [1.54, 1.807) is 29.0 Å². The Bertz CT molecular complexity index is 550. The topological polar surface area (TPSA) is 45.2 Å². The monoisotopic (exact) mass is 339 g/mol. The summed E-state index contributed by atoms with van der Waals surface area (Å²) in [6, 6.07) is 4.81. The molecule has 7 heteroatoms. The molecule has 0 unspecified atom stereocenters. The largest absolute Gasteiger partial charge is 0.378 e. The van der Waals surface area contributed by atoms with Crippen molar-refractivity contribution >= 4 is 17.4 Å². The number of hydrogen-bond acceptors (Lipinski definition) is 4. The molecule has 6 nitrogen and oxygen atoms in total. The predicted molar refractivity (Wildman–Crippen MR) is 92.1 cm³/mol. The number of halogens is 1. The molecule has 0 aromatic heterocycles. The lowest BCUT2D eigenvalue weighted by Gasteiger charge is -2.29. The minimum atomic E-state index is -0.308. The normalized spacial score (nSPS) is 17.8. The maximum atomic E-state index is 14.4. The van der Waals surface area contributed by atoms with Crippen LogP contribution in [0.5, 0.6) is 0 Å².